The van der Waals surface area contributed by atoms with Crippen LogP contribution in [0.5, 0.6) is 0 Å². The average Bonchev–Trinajstić information content (AvgIpc) is 3.18. The van der Waals surface area contributed by atoms with Crippen LogP contribution in [-0.2, 0) is 10.2 Å². The first-order valence-electron chi connectivity index (χ1n) is 11.2. The minimum atomic E-state index is -0.313. The Morgan fingerprint density at radius 3 is 2.30 bits per heavy atom. The summed E-state index contributed by atoms with van der Waals surface area (Å²) >= 11 is 0. The molecular weight excluding hydrogens is 414 g/mol. The highest BCUT2D eigenvalue weighted by atomic mass is 16.2. The molecule has 2 aromatic carbocycles. The lowest BCUT2D eigenvalue weighted by molar-refractivity contribution is -0.116. The topological polar surface area (TPSA) is 79.3 Å². The summed E-state index contributed by atoms with van der Waals surface area (Å²) in [7, 11) is 0. The Kier molecular flexibility index (Phi) is 7.21. The standard InChI is InChI=1S/C26H33N5O2/c1-7-30(25(33)27-21-14-13-18(2)15-19(21)3)17-24(32)28-23-16-22(26(4,5)6)29-31(23)20-11-9-8-10-12-20/h8-16H,7,17H2,1-6H3,(H,27,33)(H,28,32). The van der Waals surface area contributed by atoms with Gasteiger partial charge in [-0.25, -0.2) is 9.48 Å². The molecule has 0 aliphatic heterocycles. The lowest BCUT2D eigenvalue weighted by atomic mass is 9.92. The number of aryl methyl sites for hydroxylation is 2. The largest absolute Gasteiger partial charge is 0.322 e. The molecule has 0 radical (unpaired) electrons. The minimum Gasteiger partial charge on any atom is -0.315 e. The molecule has 0 bridgehead atoms. The second-order valence-electron chi connectivity index (χ2n) is 9.22. The number of urea groups is 1. The van der Waals surface area contributed by atoms with Gasteiger partial charge in [-0.1, -0.05) is 56.7 Å². The predicted octanol–water partition coefficient (Wildman–Crippen LogP) is 5.28. The van der Waals surface area contributed by atoms with E-state index in [2.05, 4.69) is 31.4 Å². The fourth-order valence-electron chi connectivity index (χ4n) is 3.43. The van der Waals surface area contributed by atoms with Crippen molar-refractivity contribution in [3.05, 3.63) is 71.4 Å². The molecule has 0 saturated heterocycles. The van der Waals surface area contributed by atoms with E-state index in [0.29, 0.717) is 12.4 Å². The number of amides is 3. The third-order valence-corrected chi connectivity index (χ3v) is 5.37. The molecule has 3 rings (SSSR count). The third kappa shape index (κ3) is 6.00. The highest BCUT2D eigenvalue weighted by molar-refractivity contribution is 5.97. The van der Waals surface area contributed by atoms with Gasteiger partial charge in [-0.2, -0.15) is 5.10 Å². The van der Waals surface area contributed by atoms with E-state index in [9.17, 15) is 9.59 Å². The maximum absolute atomic E-state index is 12.9. The van der Waals surface area contributed by atoms with Crippen molar-refractivity contribution in [2.24, 2.45) is 0 Å². The van der Waals surface area contributed by atoms with Gasteiger partial charge in [0.05, 0.1) is 11.4 Å². The second-order valence-corrected chi connectivity index (χ2v) is 9.22. The first-order valence-corrected chi connectivity index (χ1v) is 11.2. The Morgan fingerprint density at radius 2 is 1.70 bits per heavy atom. The van der Waals surface area contributed by atoms with Crippen LogP contribution in [0.1, 0.15) is 44.5 Å². The van der Waals surface area contributed by atoms with Crippen molar-refractivity contribution >= 4 is 23.4 Å². The number of hydrogen-bond donors (Lipinski definition) is 2. The van der Waals surface area contributed by atoms with Crippen molar-refractivity contribution in [2.75, 3.05) is 23.7 Å². The Labute approximate surface area is 195 Å². The summed E-state index contributed by atoms with van der Waals surface area (Å²) in [6, 6.07) is 17.1. The summed E-state index contributed by atoms with van der Waals surface area (Å²) in [4.78, 5) is 27.2. The number of para-hydroxylation sites is 1. The number of anilines is 2. The van der Waals surface area contributed by atoms with E-state index in [0.717, 1.165) is 28.2 Å². The Bertz CT molecular complexity index is 1130. The Morgan fingerprint density at radius 1 is 1.00 bits per heavy atom. The number of hydrogen-bond acceptors (Lipinski definition) is 3. The second kappa shape index (κ2) is 9.90. The van der Waals surface area contributed by atoms with Crippen molar-refractivity contribution in [3.8, 4) is 5.69 Å². The van der Waals surface area contributed by atoms with Gasteiger partial charge >= 0.3 is 6.03 Å². The van der Waals surface area contributed by atoms with Crippen LogP contribution in [0.25, 0.3) is 5.69 Å². The molecule has 3 amide bonds. The van der Waals surface area contributed by atoms with E-state index in [1.54, 1.807) is 4.68 Å². The van der Waals surface area contributed by atoms with E-state index >= 15 is 0 Å². The monoisotopic (exact) mass is 447 g/mol. The molecular formula is C26H33N5O2. The number of benzene rings is 2. The van der Waals surface area contributed by atoms with E-state index in [1.165, 1.54) is 4.90 Å². The minimum absolute atomic E-state index is 0.0714. The number of aromatic nitrogens is 2. The summed E-state index contributed by atoms with van der Waals surface area (Å²) in [5.41, 5.74) is 4.37. The molecule has 2 N–H and O–H groups in total. The molecule has 1 aromatic heterocycles. The number of carbonyl (C=O) groups excluding carboxylic acids is 2. The van der Waals surface area contributed by atoms with E-state index in [1.807, 2.05) is 75.4 Å². The first kappa shape index (κ1) is 24.0. The quantitative estimate of drug-likeness (QED) is 0.540. The molecule has 0 saturated carbocycles. The smallest absolute Gasteiger partial charge is 0.315 e. The van der Waals surface area contributed by atoms with Gasteiger partial charge in [0.15, 0.2) is 0 Å². The molecule has 33 heavy (non-hydrogen) atoms. The molecule has 0 fully saturated rings. The zero-order chi connectivity index (χ0) is 24.2. The first-order chi connectivity index (χ1) is 15.6. The van der Waals surface area contributed by atoms with Crippen LogP contribution in [0.15, 0.2) is 54.6 Å². The molecule has 174 valence electrons. The third-order valence-electron chi connectivity index (χ3n) is 5.37. The summed E-state index contributed by atoms with van der Waals surface area (Å²) in [6.07, 6.45) is 0. The average molecular weight is 448 g/mol. The van der Waals surface area contributed by atoms with Gasteiger partial charge in [0.1, 0.15) is 12.4 Å². The molecule has 0 aliphatic rings. The van der Waals surface area contributed by atoms with Crippen molar-refractivity contribution in [1.29, 1.82) is 0 Å². The Balaban J connectivity index is 1.76. The highest BCUT2D eigenvalue weighted by Crippen LogP contribution is 2.26. The zero-order valence-corrected chi connectivity index (χ0v) is 20.3. The van der Waals surface area contributed by atoms with Crippen molar-refractivity contribution in [2.45, 2.75) is 47.0 Å². The molecule has 0 spiro atoms. The van der Waals surface area contributed by atoms with Crippen LogP contribution in [0.3, 0.4) is 0 Å². The van der Waals surface area contributed by atoms with Gasteiger partial charge in [-0.3, -0.25) is 4.79 Å². The maximum atomic E-state index is 12.9. The van der Waals surface area contributed by atoms with Crippen LogP contribution in [0.2, 0.25) is 0 Å². The summed E-state index contributed by atoms with van der Waals surface area (Å²) in [5.74, 6) is 0.284. The molecule has 7 heteroatoms. The molecule has 0 unspecified atom stereocenters. The molecule has 3 aromatic rings. The van der Waals surface area contributed by atoms with Crippen molar-refractivity contribution < 1.29 is 9.59 Å². The van der Waals surface area contributed by atoms with Gasteiger partial charge in [-0.15, -0.1) is 0 Å². The molecule has 7 nitrogen and oxygen atoms in total. The summed E-state index contributed by atoms with van der Waals surface area (Å²) in [5, 5.41) is 10.6. The lowest BCUT2D eigenvalue weighted by Crippen LogP contribution is -2.40. The number of nitrogens with zero attached hydrogens (tertiary/aromatic N) is 3. The van der Waals surface area contributed by atoms with Crippen LogP contribution < -0.4 is 10.6 Å². The van der Waals surface area contributed by atoms with Gasteiger partial charge in [-0.05, 0) is 44.5 Å². The summed E-state index contributed by atoms with van der Waals surface area (Å²) < 4.78 is 1.73. The molecule has 0 atom stereocenters. The zero-order valence-electron chi connectivity index (χ0n) is 20.3. The lowest BCUT2D eigenvalue weighted by Gasteiger charge is -2.21. The van der Waals surface area contributed by atoms with Crippen LogP contribution in [0.4, 0.5) is 16.3 Å². The predicted molar refractivity (Wildman–Crippen MR) is 133 cm³/mol. The van der Waals surface area contributed by atoms with Crippen molar-refractivity contribution in [1.82, 2.24) is 14.7 Å². The highest BCUT2D eigenvalue weighted by Gasteiger charge is 2.23. The normalized spacial score (nSPS) is 11.2. The van der Waals surface area contributed by atoms with E-state index in [-0.39, 0.29) is 23.9 Å². The van der Waals surface area contributed by atoms with Gasteiger partial charge in [0.2, 0.25) is 5.91 Å². The van der Waals surface area contributed by atoms with E-state index in [4.69, 9.17) is 5.10 Å². The molecule has 1 heterocycles. The summed E-state index contributed by atoms with van der Waals surface area (Å²) in [6.45, 7) is 12.4. The van der Waals surface area contributed by atoms with Gasteiger partial charge in [0, 0.05) is 23.7 Å². The molecule has 0 aliphatic carbocycles. The fraction of sp³-hybridized carbons (Fsp3) is 0.346. The van der Waals surface area contributed by atoms with Gasteiger partial charge in [0.25, 0.3) is 0 Å². The fourth-order valence-corrected chi connectivity index (χ4v) is 3.43. The number of rotatable bonds is 6. The number of nitrogens with one attached hydrogen (secondary N) is 2. The van der Waals surface area contributed by atoms with E-state index < -0.39 is 0 Å². The Hall–Kier alpha value is -3.61. The number of likely N-dealkylation sites (N-methyl/N-ethyl adjacent to an activating group) is 1. The van der Waals surface area contributed by atoms with Crippen LogP contribution in [0, 0.1) is 13.8 Å². The maximum Gasteiger partial charge on any atom is 0.322 e. The van der Waals surface area contributed by atoms with Gasteiger partial charge < -0.3 is 15.5 Å². The SMILES string of the molecule is CCN(CC(=O)Nc1cc(C(C)(C)C)nn1-c1ccccc1)C(=O)Nc1ccc(C)cc1C. The van der Waals surface area contributed by atoms with Crippen molar-refractivity contribution in [3.63, 3.8) is 0 Å². The number of carbonyl (C=O) groups is 2. The van der Waals surface area contributed by atoms with Crippen LogP contribution >= 0.6 is 0 Å². The van der Waals surface area contributed by atoms with Crippen LogP contribution in [-0.4, -0.2) is 39.7 Å².